The van der Waals surface area contributed by atoms with E-state index >= 15 is 0 Å². The van der Waals surface area contributed by atoms with Crippen LogP contribution in [0.25, 0.3) is 0 Å². The van der Waals surface area contributed by atoms with E-state index in [-0.39, 0.29) is 0 Å². The van der Waals surface area contributed by atoms with Crippen LogP contribution in [0.5, 0.6) is 5.75 Å². The lowest BCUT2D eigenvalue weighted by Gasteiger charge is -2.17. The Kier molecular flexibility index (Phi) is 5.65. The van der Waals surface area contributed by atoms with Crippen molar-refractivity contribution in [2.24, 2.45) is 0 Å². The molecular formula is C15H16Cl2N2O. The topological polar surface area (TPSA) is 25.4 Å². The summed E-state index contributed by atoms with van der Waals surface area (Å²) in [6.07, 6.45) is 1.66. The number of hydrogen-bond acceptors (Lipinski definition) is 3. The van der Waals surface area contributed by atoms with Crippen LogP contribution in [0, 0.1) is 0 Å². The van der Waals surface area contributed by atoms with E-state index in [1.807, 2.05) is 43.4 Å². The molecule has 2 rings (SSSR count). The number of likely N-dealkylation sites (N-methyl/N-ethyl adjacent to an activating group) is 1. The van der Waals surface area contributed by atoms with Crippen molar-refractivity contribution in [3.63, 3.8) is 0 Å². The standard InChI is InChI=1S/C15H16Cl2N2O/c1-19(9-10-20-13-5-3-2-4-6-13)11-12-7-8-18-15(17)14(12)16/h2-8H,9-11H2,1H3. The van der Waals surface area contributed by atoms with Gasteiger partial charge in [-0.3, -0.25) is 4.90 Å². The van der Waals surface area contributed by atoms with E-state index in [0.29, 0.717) is 23.3 Å². The number of benzene rings is 1. The molecule has 0 spiro atoms. The summed E-state index contributed by atoms with van der Waals surface area (Å²) >= 11 is 12.0. The quantitative estimate of drug-likeness (QED) is 0.757. The maximum atomic E-state index is 6.11. The molecule has 0 bridgehead atoms. The first kappa shape index (κ1) is 15.1. The number of para-hydroxylation sites is 1. The molecule has 0 amide bonds. The van der Waals surface area contributed by atoms with Crippen molar-refractivity contribution < 1.29 is 4.74 Å². The maximum absolute atomic E-state index is 6.11. The average molecular weight is 311 g/mol. The second kappa shape index (κ2) is 7.48. The predicted octanol–water partition coefficient (Wildman–Crippen LogP) is 3.90. The van der Waals surface area contributed by atoms with E-state index < -0.39 is 0 Å². The molecule has 0 aliphatic carbocycles. The zero-order valence-electron chi connectivity index (χ0n) is 11.2. The first-order valence-corrected chi connectivity index (χ1v) is 7.07. The van der Waals surface area contributed by atoms with E-state index in [1.54, 1.807) is 6.20 Å². The van der Waals surface area contributed by atoms with E-state index in [1.165, 1.54) is 0 Å². The molecule has 1 heterocycles. The zero-order valence-corrected chi connectivity index (χ0v) is 12.7. The monoisotopic (exact) mass is 310 g/mol. The third kappa shape index (κ3) is 4.37. The fourth-order valence-corrected chi connectivity index (χ4v) is 2.13. The molecule has 0 aliphatic heterocycles. The third-order valence-corrected chi connectivity index (χ3v) is 3.66. The van der Waals surface area contributed by atoms with Gasteiger partial charge in [-0.25, -0.2) is 4.98 Å². The minimum Gasteiger partial charge on any atom is -0.492 e. The van der Waals surface area contributed by atoms with Crippen molar-refractivity contribution in [2.75, 3.05) is 20.2 Å². The summed E-state index contributed by atoms with van der Waals surface area (Å²) in [6, 6.07) is 11.6. The molecule has 1 aromatic heterocycles. The molecule has 0 saturated carbocycles. The number of hydrogen-bond donors (Lipinski definition) is 0. The van der Waals surface area contributed by atoms with Crippen LogP contribution in [-0.2, 0) is 6.54 Å². The number of rotatable bonds is 6. The number of pyridine rings is 1. The molecule has 0 atom stereocenters. The highest BCUT2D eigenvalue weighted by atomic mass is 35.5. The highest BCUT2D eigenvalue weighted by Gasteiger charge is 2.08. The molecule has 0 saturated heterocycles. The molecule has 0 radical (unpaired) electrons. The van der Waals surface area contributed by atoms with Gasteiger partial charge in [0.15, 0.2) is 0 Å². The summed E-state index contributed by atoms with van der Waals surface area (Å²) in [5.41, 5.74) is 0.967. The maximum Gasteiger partial charge on any atom is 0.147 e. The first-order chi connectivity index (χ1) is 9.66. The fourth-order valence-electron chi connectivity index (χ4n) is 1.78. The van der Waals surface area contributed by atoms with E-state index in [9.17, 15) is 0 Å². The molecule has 0 aliphatic rings. The Bertz CT molecular complexity index is 549. The molecule has 0 N–H and O–H groups in total. The van der Waals surface area contributed by atoms with Gasteiger partial charge in [-0.2, -0.15) is 0 Å². The summed E-state index contributed by atoms with van der Waals surface area (Å²) in [6.45, 7) is 2.13. The van der Waals surface area contributed by atoms with Gasteiger partial charge in [0.1, 0.15) is 17.5 Å². The van der Waals surface area contributed by atoms with Gasteiger partial charge in [-0.15, -0.1) is 0 Å². The number of ether oxygens (including phenoxy) is 1. The van der Waals surface area contributed by atoms with Crippen LogP contribution < -0.4 is 4.74 Å². The van der Waals surface area contributed by atoms with Gasteiger partial charge in [0.05, 0.1) is 5.02 Å². The minimum atomic E-state index is 0.345. The van der Waals surface area contributed by atoms with Crippen molar-refractivity contribution >= 4 is 23.2 Å². The second-order valence-corrected chi connectivity index (χ2v) is 5.21. The fraction of sp³-hybridized carbons (Fsp3) is 0.267. The smallest absolute Gasteiger partial charge is 0.147 e. The van der Waals surface area contributed by atoms with Gasteiger partial charge in [-0.1, -0.05) is 41.4 Å². The summed E-state index contributed by atoms with van der Waals surface area (Å²) in [5, 5.41) is 0.864. The van der Waals surface area contributed by atoms with E-state index in [4.69, 9.17) is 27.9 Å². The molecule has 20 heavy (non-hydrogen) atoms. The Hall–Kier alpha value is -1.29. The van der Waals surface area contributed by atoms with Crippen molar-refractivity contribution in [3.05, 3.63) is 58.3 Å². The van der Waals surface area contributed by atoms with E-state index in [2.05, 4.69) is 9.88 Å². The highest BCUT2D eigenvalue weighted by Crippen LogP contribution is 2.23. The second-order valence-electron chi connectivity index (χ2n) is 4.47. The molecule has 5 heteroatoms. The minimum absolute atomic E-state index is 0.345. The van der Waals surface area contributed by atoms with Crippen LogP contribution in [0.4, 0.5) is 0 Å². The summed E-state index contributed by atoms with van der Waals surface area (Å²) in [5.74, 6) is 0.880. The molecule has 2 aromatic rings. The van der Waals surface area contributed by atoms with Crippen LogP contribution in [0.15, 0.2) is 42.6 Å². The predicted molar refractivity (Wildman–Crippen MR) is 82.5 cm³/mol. The number of aromatic nitrogens is 1. The molecule has 3 nitrogen and oxygen atoms in total. The lowest BCUT2D eigenvalue weighted by molar-refractivity contribution is 0.233. The van der Waals surface area contributed by atoms with Crippen LogP contribution in [0.1, 0.15) is 5.56 Å². The zero-order chi connectivity index (χ0) is 14.4. The summed E-state index contributed by atoms with van der Waals surface area (Å²) in [7, 11) is 2.01. The van der Waals surface area contributed by atoms with Crippen molar-refractivity contribution in [1.82, 2.24) is 9.88 Å². The van der Waals surface area contributed by atoms with Gasteiger partial charge < -0.3 is 4.74 Å². The van der Waals surface area contributed by atoms with Gasteiger partial charge in [0.2, 0.25) is 0 Å². The lowest BCUT2D eigenvalue weighted by atomic mass is 10.2. The first-order valence-electron chi connectivity index (χ1n) is 6.32. The van der Waals surface area contributed by atoms with Crippen molar-refractivity contribution in [1.29, 1.82) is 0 Å². The summed E-state index contributed by atoms with van der Waals surface area (Å²) in [4.78, 5) is 6.06. The van der Waals surface area contributed by atoms with Gasteiger partial charge in [-0.05, 0) is 30.8 Å². The van der Waals surface area contributed by atoms with Crippen molar-refractivity contribution in [3.8, 4) is 5.75 Å². The van der Waals surface area contributed by atoms with Crippen LogP contribution in [0.3, 0.4) is 0 Å². The molecule has 1 aromatic carbocycles. The van der Waals surface area contributed by atoms with Gasteiger partial charge >= 0.3 is 0 Å². The van der Waals surface area contributed by atoms with Crippen LogP contribution in [-0.4, -0.2) is 30.1 Å². The molecule has 0 fully saturated rings. The number of nitrogens with zero attached hydrogens (tertiary/aromatic N) is 2. The lowest BCUT2D eigenvalue weighted by Crippen LogP contribution is -2.24. The molecular weight excluding hydrogens is 295 g/mol. The third-order valence-electron chi connectivity index (χ3n) is 2.85. The molecule has 0 unspecified atom stereocenters. The Balaban J connectivity index is 1.81. The Morgan fingerprint density at radius 3 is 2.65 bits per heavy atom. The SMILES string of the molecule is CN(CCOc1ccccc1)Cc1ccnc(Cl)c1Cl. The summed E-state index contributed by atoms with van der Waals surface area (Å²) < 4.78 is 5.66. The van der Waals surface area contributed by atoms with Gasteiger partial charge in [0, 0.05) is 19.3 Å². The normalized spacial score (nSPS) is 10.8. The Morgan fingerprint density at radius 1 is 1.15 bits per heavy atom. The largest absolute Gasteiger partial charge is 0.492 e. The Labute approximate surface area is 129 Å². The van der Waals surface area contributed by atoms with Crippen LogP contribution in [0.2, 0.25) is 10.2 Å². The van der Waals surface area contributed by atoms with Gasteiger partial charge in [0.25, 0.3) is 0 Å². The molecule has 106 valence electrons. The highest BCUT2D eigenvalue weighted by molar-refractivity contribution is 6.41. The average Bonchev–Trinajstić information content (AvgIpc) is 2.45. The number of halogens is 2. The van der Waals surface area contributed by atoms with Crippen molar-refractivity contribution in [2.45, 2.75) is 6.54 Å². The van der Waals surface area contributed by atoms with Crippen LogP contribution >= 0.6 is 23.2 Å². The van der Waals surface area contributed by atoms with E-state index in [0.717, 1.165) is 17.9 Å². The Morgan fingerprint density at radius 2 is 1.90 bits per heavy atom.